The highest BCUT2D eigenvalue weighted by molar-refractivity contribution is 7.58. The Labute approximate surface area is 116 Å². The molecule has 1 aliphatic carbocycles. The lowest BCUT2D eigenvalue weighted by Gasteiger charge is -2.29. The molecule has 2 atom stereocenters. The lowest BCUT2D eigenvalue weighted by Crippen LogP contribution is -2.27. The molecule has 0 aliphatic heterocycles. The van der Waals surface area contributed by atoms with Gasteiger partial charge in [0.1, 0.15) is 5.78 Å². The van der Waals surface area contributed by atoms with Crippen LogP contribution in [-0.4, -0.2) is 19.0 Å². The van der Waals surface area contributed by atoms with E-state index in [2.05, 4.69) is 13.5 Å². The molecule has 0 aromatic rings. The Morgan fingerprint density at radius 1 is 1.37 bits per heavy atom. The Bertz CT molecular complexity index is 368. The maximum absolute atomic E-state index is 12.5. The van der Waals surface area contributed by atoms with E-state index in [-0.39, 0.29) is 11.7 Å². The van der Waals surface area contributed by atoms with Gasteiger partial charge in [0.05, 0.1) is 13.2 Å². The SMILES string of the molecule is C=C(C[C@H]1C(=O)CCC[C@@H]1C)P(=O)(OCC)OCC. The Balaban J connectivity index is 2.75. The molecule has 0 aromatic carbocycles. The predicted molar refractivity (Wildman–Crippen MR) is 76.1 cm³/mol. The van der Waals surface area contributed by atoms with E-state index in [4.69, 9.17) is 9.05 Å². The molecule has 4 nitrogen and oxygen atoms in total. The summed E-state index contributed by atoms with van der Waals surface area (Å²) in [7, 11) is -3.28. The summed E-state index contributed by atoms with van der Waals surface area (Å²) in [6, 6.07) is 0. The minimum absolute atomic E-state index is 0.0875. The van der Waals surface area contributed by atoms with Crippen molar-refractivity contribution in [2.45, 2.75) is 46.5 Å². The molecule has 0 heterocycles. The molecule has 0 radical (unpaired) electrons. The average Bonchev–Trinajstić information content (AvgIpc) is 2.34. The standard InChI is InChI=1S/C14H25O4P/c1-5-17-19(16,18-6-2)12(4)10-13-11(3)8-7-9-14(13)15/h11,13H,4-10H2,1-3H3/t11-,13+/m0/s1. The Kier molecular flexibility index (Phi) is 6.45. The van der Waals surface area contributed by atoms with E-state index in [1.165, 1.54) is 0 Å². The molecule has 5 heteroatoms. The van der Waals surface area contributed by atoms with Gasteiger partial charge < -0.3 is 9.05 Å². The normalized spacial score (nSPS) is 24.5. The summed E-state index contributed by atoms with van der Waals surface area (Å²) < 4.78 is 23.1. The zero-order chi connectivity index (χ0) is 14.5. The molecule has 110 valence electrons. The second-order valence-electron chi connectivity index (χ2n) is 5.05. The van der Waals surface area contributed by atoms with E-state index < -0.39 is 7.60 Å². The van der Waals surface area contributed by atoms with Crippen molar-refractivity contribution >= 4 is 13.4 Å². The molecular weight excluding hydrogens is 263 g/mol. The summed E-state index contributed by atoms with van der Waals surface area (Å²) in [4.78, 5) is 12.0. The van der Waals surface area contributed by atoms with Crippen LogP contribution in [-0.2, 0) is 18.4 Å². The van der Waals surface area contributed by atoms with E-state index >= 15 is 0 Å². The van der Waals surface area contributed by atoms with Crippen LogP contribution in [0.1, 0.15) is 46.5 Å². The highest BCUT2D eigenvalue weighted by Crippen LogP contribution is 2.57. The van der Waals surface area contributed by atoms with Crippen LogP contribution in [0.4, 0.5) is 0 Å². The van der Waals surface area contributed by atoms with Crippen molar-refractivity contribution in [1.82, 2.24) is 0 Å². The third kappa shape index (κ3) is 4.27. The average molecular weight is 288 g/mol. The summed E-state index contributed by atoms with van der Waals surface area (Å²) in [5.74, 6) is 0.477. The zero-order valence-electron chi connectivity index (χ0n) is 12.2. The van der Waals surface area contributed by atoms with Gasteiger partial charge in [0.2, 0.25) is 0 Å². The van der Waals surface area contributed by atoms with Gasteiger partial charge in [-0.15, -0.1) is 0 Å². The van der Waals surface area contributed by atoms with Gasteiger partial charge in [-0.25, -0.2) is 0 Å². The van der Waals surface area contributed by atoms with Crippen molar-refractivity contribution in [2.24, 2.45) is 11.8 Å². The second-order valence-corrected chi connectivity index (χ2v) is 7.19. The van der Waals surface area contributed by atoms with Crippen LogP contribution in [0.25, 0.3) is 0 Å². The molecule has 0 bridgehead atoms. The first-order valence-corrected chi connectivity index (χ1v) is 8.59. The van der Waals surface area contributed by atoms with Crippen LogP contribution in [0.15, 0.2) is 11.9 Å². The molecule has 0 saturated heterocycles. The number of carbonyl (C=O) groups is 1. The smallest absolute Gasteiger partial charge is 0.306 e. The number of ketones is 1. The number of hydrogen-bond acceptors (Lipinski definition) is 4. The van der Waals surface area contributed by atoms with Gasteiger partial charge in [-0.3, -0.25) is 9.36 Å². The van der Waals surface area contributed by atoms with E-state index in [0.29, 0.717) is 37.3 Å². The van der Waals surface area contributed by atoms with Gasteiger partial charge in [-0.05, 0) is 39.0 Å². The molecule has 0 amide bonds. The minimum Gasteiger partial charge on any atom is -0.306 e. The highest BCUT2D eigenvalue weighted by Gasteiger charge is 2.35. The zero-order valence-corrected chi connectivity index (χ0v) is 13.1. The van der Waals surface area contributed by atoms with E-state index in [1.54, 1.807) is 13.8 Å². The predicted octanol–water partition coefficient (Wildman–Crippen LogP) is 4.16. The maximum atomic E-state index is 12.5. The fourth-order valence-corrected chi connectivity index (χ4v) is 4.08. The quantitative estimate of drug-likeness (QED) is 0.660. The molecule has 0 spiro atoms. The Hall–Kier alpha value is -0.440. The summed E-state index contributed by atoms with van der Waals surface area (Å²) in [6.07, 6.45) is 3.03. The number of Topliss-reactive ketones (excluding diaryl/α,β-unsaturated/α-hetero) is 1. The van der Waals surface area contributed by atoms with E-state index in [1.807, 2.05) is 0 Å². The molecule has 0 aromatic heterocycles. The molecule has 0 N–H and O–H groups in total. The Morgan fingerprint density at radius 2 is 1.95 bits per heavy atom. The number of rotatable bonds is 7. The van der Waals surface area contributed by atoms with Gasteiger partial charge in [0.15, 0.2) is 0 Å². The van der Waals surface area contributed by atoms with Crippen LogP contribution in [0.2, 0.25) is 0 Å². The van der Waals surface area contributed by atoms with Crippen molar-refractivity contribution in [3.63, 3.8) is 0 Å². The lowest BCUT2D eigenvalue weighted by molar-refractivity contribution is -0.126. The van der Waals surface area contributed by atoms with Gasteiger partial charge in [0.25, 0.3) is 0 Å². The topological polar surface area (TPSA) is 52.6 Å². The van der Waals surface area contributed by atoms with Crippen molar-refractivity contribution in [2.75, 3.05) is 13.2 Å². The number of hydrogen-bond donors (Lipinski definition) is 0. The molecular formula is C14H25O4P. The number of allylic oxidation sites excluding steroid dienone is 1. The van der Waals surface area contributed by atoms with Crippen molar-refractivity contribution in [1.29, 1.82) is 0 Å². The van der Waals surface area contributed by atoms with Crippen LogP contribution >= 0.6 is 7.60 Å². The molecule has 1 rings (SSSR count). The molecule has 1 saturated carbocycles. The van der Waals surface area contributed by atoms with Crippen LogP contribution in [0.3, 0.4) is 0 Å². The third-order valence-electron chi connectivity index (χ3n) is 3.62. The monoisotopic (exact) mass is 288 g/mol. The fourth-order valence-electron chi connectivity index (χ4n) is 2.54. The molecule has 1 fully saturated rings. The van der Waals surface area contributed by atoms with Gasteiger partial charge in [-0.2, -0.15) is 0 Å². The van der Waals surface area contributed by atoms with Crippen molar-refractivity contribution in [3.05, 3.63) is 11.9 Å². The van der Waals surface area contributed by atoms with Gasteiger partial charge >= 0.3 is 7.60 Å². The molecule has 0 unspecified atom stereocenters. The largest absolute Gasteiger partial charge is 0.356 e. The van der Waals surface area contributed by atoms with Crippen LogP contribution in [0, 0.1) is 11.8 Å². The number of carbonyl (C=O) groups excluding carboxylic acids is 1. The maximum Gasteiger partial charge on any atom is 0.356 e. The van der Waals surface area contributed by atoms with Crippen LogP contribution in [0.5, 0.6) is 0 Å². The first kappa shape index (κ1) is 16.6. The summed E-state index contributed by atoms with van der Waals surface area (Å²) in [6.45, 7) is 10.1. The fraction of sp³-hybridized carbons (Fsp3) is 0.786. The molecule has 19 heavy (non-hydrogen) atoms. The molecule has 1 aliphatic rings. The first-order valence-electron chi connectivity index (χ1n) is 7.04. The Morgan fingerprint density at radius 3 is 2.42 bits per heavy atom. The van der Waals surface area contributed by atoms with E-state index in [9.17, 15) is 9.36 Å². The van der Waals surface area contributed by atoms with Gasteiger partial charge in [-0.1, -0.05) is 13.5 Å². The third-order valence-corrected chi connectivity index (χ3v) is 5.78. The van der Waals surface area contributed by atoms with Crippen LogP contribution < -0.4 is 0 Å². The van der Waals surface area contributed by atoms with Crippen molar-refractivity contribution in [3.8, 4) is 0 Å². The lowest BCUT2D eigenvalue weighted by atomic mass is 9.78. The van der Waals surface area contributed by atoms with Gasteiger partial charge in [0, 0.05) is 17.7 Å². The summed E-state index contributed by atoms with van der Waals surface area (Å²) >= 11 is 0. The van der Waals surface area contributed by atoms with E-state index in [0.717, 1.165) is 12.8 Å². The summed E-state index contributed by atoms with van der Waals surface area (Å²) in [5, 5.41) is 0.434. The first-order chi connectivity index (χ1) is 8.94. The highest BCUT2D eigenvalue weighted by atomic mass is 31.2. The minimum atomic E-state index is -3.28. The summed E-state index contributed by atoms with van der Waals surface area (Å²) in [5.41, 5.74) is 0. The van der Waals surface area contributed by atoms with Crippen molar-refractivity contribution < 1.29 is 18.4 Å². The second kappa shape index (κ2) is 7.37.